The molecule has 0 saturated heterocycles. The zero-order valence-corrected chi connectivity index (χ0v) is 7.27. The molecule has 0 spiro atoms. The van der Waals surface area contributed by atoms with Gasteiger partial charge in [-0.1, -0.05) is 28.1 Å². The first-order chi connectivity index (χ1) is 4.74. The summed E-state index contributed by atoms with van der Waals surface area (Å²) in [6.07, 6.45) is 1.34. The van der Waals surface area contributed by atoms with E-state index in [2.05, 4.69) is 15.9 Å². The molecule has 0 fully saturated rings. The maximum Gasteiger partial charge on any atom is 0.0250 e. The van der Waals surface area contributed by atoms with Crippen molar-refractivity contribution < 1.29 is 0 Å². The van der Waals surface area contributed by atoms with Gasteiger partial charge in [0.25, 0.3) is 0 Å². The molecule has 0 saturated carbocycles. The molecule has 0 aromatic heterocycles. The van der Waals surface area contributed by atoms with E-state index in [1.807, 2.05) is 25.1 Å². The highest BCUT2D eigenvalue weighted by Gasteiger charge is 1.92. The fourth-order valence-electron chi connectivity index (χ4n) is 0.699. The molecule has 0 bridgehead atoms. The van der Waals surface area contributed by atoms with Crippen LogP contribution in [0, 0.1) is 12.3 Å². The predicted octanol–water partition coefficient (Wildman–Crippen LogP) is 2.76. The number of aryl methyl sites for hydroxylation is 1. The van der Waals surface area contributed by atoms with Crippen LogP contribution < -0.4 is 0 Å². The number of hydrogen-bond acceptors (Lipinski definition) is 1. The van der Waals surface area contributed by atoms with Gasteiger partial charge in [-0.2, -0.15) is 0 Å². The average Bonchev–Trinajstić information content (AvgIpc) is 1.95. The molecule has 1 N–H and O–H groups in total. The van der Waals surface area contributed by atoms with E-state index in [9.17, 15) is 0 Å². The molecule has 1 rings (SSSR count). The average molecular weight is 198 g/mol. The minimum Gasteiger partial charge on any atom is -0.308 e. The third-order valence-corrected chi connectivity index (χ3v) is 2.22. The fourth-order valence-corrected chi connectivity index (χ4v) is 1.10. The summed E-state index contributed by atoms with van der Waals surface area (Å²) in [5.74, 6) is 0. The van der Waals surface area contributed by atoms with E-state index >= 15 is 0 Å². The third-order valence-electron chi connectivity index (χ3n) is 1.36. The molecule has 10 heavy (non-hydrogen) atoms. The van der Waals surface area contributed by atoms with E-state index in [0.29, 0.717) is 0 Å². The number of nitrogens with one attached hydrogen (secondary N) is 1. The van der Waals surface area contributed by atoms with Crippen LogP contribution in [-0.4, -0.2) is 6.21 Å². The van der Waals surface area contributed by atoms with Crippen molar-refractivity contribution in [1.82, 2.24) is 0 Å². The van der Waals surface area contributed by atoms with E-state index in [4.69, 9.17) is 5.41 Å². The van der Waals surface area contributed by atoms with Gasteiger partial charge in [-0.25, -0.2) is 0 Å². The van der Waals surface area contributed by atoms with Crippen LogP contribution in [0.2, 0.25) is 0 Å². The largest absolute Gasteiger partial charge is 0.308 e. The molecule has 0 atom stereocenters. The summed E-state index contributed by atoms with van der Waals surface area (Å²) < 4.78 is 1.06. The van der Waals surface area contributed by atoms with Crippen LogP contribution in [0.25, 0.3) is 0 Å². The van der Waals surface area contributed by atoms with Gasteiger partial charge in [0.05, 0.1) is 0 Å². The first-order valence-electron chi connectivity index (χ1n) is 3.00. The summed E-state index contributed by atoms with van der Waals surface area (Å²) in [7, 11) is 0. The van der Waals surface area contributed by atoms with Crippen LogP contribution in [0.15, 0.2) is 22.7 Å². The molecular formula is C8H8BrN. The van der Waals surface area contributed by atoms with E-state index in [-0.39, 0.29) is 0 Å². The smallest absolute Gasteiger partial charge is 0.0250 e. The van der Waals surface area contributed by atoms with Gasteiger partial charge in [0.15, 0.2) is 0 Å². The molecule has 1 aromatic carbocycles. The molecule has 0 unspecified atom stereocenters. The van der Waals surface area contributed by atoms with Gasteiger partial charge in [0, 0.05) is 10.7 Å². The van der Waals surface area contributed by atoms with Crippen molar-refractivity contribution in [2.45, 2.75) is 6.92 Å². The summed E-state index contributed by atoms with van der Waals surface area (Å²) in [4.78, 5) is 0. The highest BCUT2D eigenvalue weighted by molar-refractivity contribution is 9.10. The number of benzene rings is 1. The molecule has 2 heteroatoms. The van der Waals surface area contributed by atoms with Crippen LogP contribution in [-0.2, 0) is 0 Å². The van der Waals surface area contributed by atoms with E-state index in [1.54, 1.807) is 0 Å². The molecule has 1 aromatic rings. The summed E-state index contributed by atoms with van der Waals surface area (Å²) in [5.41, 5.74) is 2.13. The lowest BCUT2D eigenvalue weighted by Gasteiger charge is -1.96. The quantitative estimate of drug-likeness (QED) is 0.671. The Morgan fingerprint density at radius 1 is 1.50 bits per heavy atom. The van der Waals surface area contributed by atoms with Crippen LogP contribution in [0.1, 0.15) is 11.1 Å². The first-order valence-corrected chi connectivity index (χ1v) is 3.80. The normalized spacial score (nSPS) is 9.40. The van der Waals surface area contributed by atoms with Gasteiger partial charge in [0.1, 0.15) is 0 Å². The molecular weight excluding hydrogens is 190 g/mol. The first kappa shape index (κ1) is 7.48. The van der Waals surface area contributed by atoms with E-state index in [0.717, 1.165) is 10.0 Å². The minimum atomic E-state index is 0.928. The zero-order valence-electron chi connectivity index (χ0n) is 5.69. The van der Waals surface area contributed by atoms with Crippen LogP contribution in [0.5, 0.6) is 0 Å². The molecule has 52 valence electrons. The lowest BCUT2D eigenvalue weighted by atomic mass is 10.2. The maximum absolute atomic E-state index is 6.97. The lowest BCUT2D eigenvalue weighted by Crippen LogP contribution is -1.80. The van der Waals surface area contributed by atoms with Crippen LogP contribution >= 0.6 is 15.9 Å². The minimum absolute atomic E-state index is 0.928. The van der Waals surface area contributed by atoms with Gasteiger partial charge in [-0.05, 0) is 24.1 Å². The van der Waals surface area contributed by atoms with Crippen LogP contribution in [0.3, 0.4) is 0 Å². The Balaban J connectivity index is 3.16. The number of rotatable bonds is 1. The van der Waals surface area contributed by atoms with Gasteiger partial charge in [0.2, 0.25) is 0 Å². The second-order valence-corrected chi connectivity index (χ2v) is 3.01. The third kappa shape index (κ3) is 1.45. The molecule has 0 aliphatic rings. The van der Waals surface area contributed by atoms with Crippen molar-refractivity contribution in [2.24, 2.45) is 0 Å². The van der Waals surface area contributed by atoms with Crippen molar-refractivity contribution in [3.05, 3.63) is 33.8 Å². The summed E-state index contributed by atoms with van der Waals surface area (Å²) in [6.45, 7) is 2.03. The Morgan fingerprint density at radius 3 is 2.70 bits per heavy atom. The Hall–Kier alpha value is -0.630. The zero-order chi connectivity index (χ0) is 7.56. The Labute approximate surface area is 68.7 Å². The second kappa shape index (κ2) is 2.97. The Bertz CT molecular complexity index is 255. The number of hydrogen-bond donors (Lipinski definition) is 1. The van der Waals surface area contributed by atoms with E-state index < -0.39 is 0 Å². The molecule has 1 nitrogen and oxygen atoms in total. The standard InChI is InChI=1S/C8H8BrN/c1-6-2-3-7(5-10)4-8(6)9/h2-5,10H,1H3. The second-order valence-electron chi connectivity index (χ2n) is 2.15. The van der Waals surface area contributed by atoms with Crippen molar-refractivity contribution in [2.75, 3.05) is 0 Å². The lowest BCUT2D eigenvalue weighted by molar-refractivity contribution is 1.42. The van der Waals surface area contributed by atoms with Crippen molar-refractivity contribution >= 4 is 22.1 Å². The molecule has 0 aliphatic heterocycles. The predicted molar refractivity (Wildman–Crippen MR) is 46.8 cm³/mol. The van der Waals surface area contributed by atoms with Gasteiger partial charge in [-0.3, -0.25) is 0 Å². The molecule has 0 aliphatic carbocycles. The highest BCUT2D eigenvalue weighted by atomic mass is 79.9. The van der Waals surface area contributed by atoms with Crippen molar-refractivity contribution in [1.29, 1.82) is 5.41 Å². The summed E-state index contributed by atoms with van der Waals surface area (Å²) >= 11 is 3.38. The van der Waals surface area contributed by atoms with E-state index in [1.165, 1.54) is 11.8 Å². The monoisotopic (exact) mass is 197 g/mol. The number of halogens is 1. The fraction of sp³-hybridized carbons (Fsp3) is 0.125. The summed E-state index contributed by atoms with van der Waals surface area (Å²) in [5, 5.41) is 6.97. The maximum atomic E-state index is 6.97. The topological polar surface area (TPSA) is 23.9 Å². The van der Waals surface area contributed by atoms with Crippen molar-refractivity contribution in [3.63, 3.8) is 0 Å². The van der Waals surface area contributed by atoms with Crippen molar-refractivity contribution in [3.8, 4) is 0 Å². The Morgan fingerprint density at radius 2 is 2.20 bits per heavy atom. The Kier molecular flexibility index (Phi) is 2.22. The molecule has 0 heterocycles. The van der Waals surface area contributed by atoms with Gasteiger partial charge >= 0.3 is 0 Å². The molecule has 0 radical (unpaired) electrons. The van der Waals surface area contributed by atoms with Gasteiger partial charge < -0.3 is 5.41 Å². The molecule has 0 amide bonds. The van der Waals surface area contributed by atoms with Gasteiger partial charge in [-0.15, -0.1) is 0 Å². The highest BCUT2D eigenvalue weighted by Crippen LogP contribution is 2.15. The summed E-state index contributed by atoms with van der Waals surface area (Å²) in [6, 6.07) is 5.85. The SMILES string of the molecule is Cc1ccc(C=N)cc1Br. The van der Waals surface area contributed by atoms with Crippen LogP contribution in [0.4, 0.5) is 0 Å².